The van der Waals surface area contributed by atoms with Gasteiger partial charge in [-0.3, -0.25) is 4.79 Å². The van der Waals surface area contributed by atoms with E-state index in [1.807, 2.05) is 7.11 Å². The number of cyclic esters (lactones) is 1. The summed E-state index contributed by atoms with van der Waals surface area (Å²) >= 11 is 0. The Balaban J connectivity index is 1.55. The van der Waals surface area contributed by atoms with Gasteiger partial charge in [0, 0.05) is 18.9 Å². The zero-order valence-electron chi connectivity index (χ0n) is 22.0. The van der Waals surface area contributed by atoms with Gasteiger partial charge >= 0.3 is 5.97 Å². The quantitative estimate of drug-likeness (QED) is 0.344. The van der Waals surface area contributed by atoms with Crippen LogP contribution in [0.3, 0.4) is 0 Å². The molecule has 2 aromatic rings. The normalized spacial score (nSPS) is 19.6. The Bertz CT molecular complexity index is 1070. The van der Waals surface area contributed by atoms with Crippen LogP contribution in [0.25, 0.3) is 6.08 Å². The summed E-state index contributed by atoms with van der Waals surface area (Å²) in [5, 5.41) is 0. The molecule has 1 saturated heterocycles. The van der Waals surface area contributed by atoms with E-state index in [1.54, 1.807) is 0 Å². The molecule has 0 radical (unpaired) electrons. The summed E-state index contributed by atoms with van der Waals surface area (Å²) < 4.78 is 17.1. The fourth-order valence-corrected chi connectivity index (χ4v) is 5.59. The summed E-state index contributed by atoms with van der Waals surface area (Å²) in [4.78, 5) is 11.4. The smallest absolute Gasteiger partial charge is 0.306 e. The third-order valence-electron chi connectivity index (χ3n) is 8.32. The first-order valence-electron chi connectivity index (χ1n) is 13.1. The van der Waals surface area contributed by atoms with Crippen molar-refractivity contribution in [1.29, 1.82) is 0 Å². The summed E-state index contributed by atoms with van der Waals surface area (Å²) in [5.41, 5.74) is 6.20. The molecule has 1 aliphatic carbocycles. The summed E-state index contributed by atoms with van der Waals surface area (Å²) in [5.74, 6) is 0.733. The van der Waals surface area contributed by atoms with Crippen LogP contribution < -0.4 is 4.74 Å². The van der Waals surface area contributed by atoms with Crippen LogP contribution in [0.5, 0.6) is 5.75 Å². The van der Waals surface area contributed by atoms with Crippen LogP contribution in [0.2, 0.25) is 0 Å². The maximum Gasteiger partial charge on any atom is 0.306 e. The maximum absolute atomic E-state index is 11.4. The summed E-state index contributed by atoms with van der Waals surface area (Å²) in [6, 6.07) is 13.5. The zero-order valence-corrected chi connectivity index (χ0v) is 22.0. The molecular formula is C31H40O4. The highest BCUT2D eigenvalue weighted by atomic mass is 16.6. The highest BCUT2D eigenvalue weighted by Crippen LogP contribution is 2.41. The van der Waals surface area contributed by atoms with Gasteiger partial charge < -0.3 is 14.2 Å². The van der Waals surface area contributed by atoms with Crippen molar-refractivity contribution < 1.29 is 19.0 Å². The van der Waals surface area contributed by atoms with E-state index in [2.05, 4.69) is 76.2 Å². The Morgan fingerprint density at radius 1 is 1.06 bits per heavy atom. The van der Waals surface area contributed by atoms with Crippen molar-refractivity contribution in [2.45, 2.75) is 89.8 Å². The van der Waals surface area contributed by atoms with Crippen molar-refractivity contribution in [3.63, 3.8) is 0 Å². The van der Waals surface area contributed by atoms with Crippen molar-refractivity contribution in [2.75, 3.05) is 13.7 Å². The standard InChI is InChI=1S/C31H40O4/c1-6-31(7-2,25-10-9-24(22(3)19-25)15-18-30(33-5)16-8-17-30)26-11-13-28(23(4)20-26)34-21-27-12-14-29(32)35-27/h9-11,13,15,18-20,27H,6-8,12,14,16-17,21H2,1-5H3/b18-15+/t27-/m0/s1. The van der Waals surface area contributed by atoms with Gasteiger partial charge in [-0.05, 0) is 86.3 Å². The second-order valence-electron chi connectivity index (χ2n) is 10.3. The van der Waals surface area contributed by atoms with Crippen molar-refractivity contribution in [1.82, 2.24) is 0 Å². The van der Waals surface area contributed by atoms with Crippen molar-refractivity contribution in [3.05, 3.63) is 70.3 Å². The Labute approximate surface area is 210 Å². The lowest BCUT2D eigenvalue weighted by Crippen LogP contribution is -2.36. The predicted molar refractivity (Wildman–Crippen MR) is 141 cm³/mol. The van der Waals surface area contributed by atoms with Gasteiger partial charge in [0.2, 0.25) is 0 Å². The lowest BCUT2D eigenvalue weighted by molar-refractivity contribution is -0.142. The van der Waals surface area contributed by atoms with E-state index < -0.39 is 0 Å². The second kappa shape index (κ2) is 10.6. The first kappa shape index (κ1) is 25.5. The number of rotatable bonds is 10. The van der Waals surface area contributed by atoms with Crippen molar-refractivity contribution in [2.24, 2.45) is 0 Å². The number of ether oxygens (including phenoxy) is 3. The minimum Gasteiger partial charge on any atom is -0.489 e. The topological polar surface area (TPSA) is 44.8 Å². The number of carbonyl (C=O) groups excluding carboxylic acids is 1. The van der Waals surface area contributed by atoms with Gasteiger partial charge in [0.15, 0.2) is 0 Å². The predicted octanol–water partition coefficient (Wildman–Crippen LogP) is 7.08. The lowest BCUT2D eigenvalue weighted by atomic mass is 9.69. The van der Waals surface area contributed by atoms with E-state index in [4.69, 9.17) is 14.2 Å². The Kier molecular flexibility index (Phi) is 7.70. The lowest BCUT2D eigenvalue weighted by Gasteiger charge is -2.37. The third-order valence-corrected chi connectivity index (χ3v) is 8.32. The molecule has 0 spiro atoms. The zero-order chi connectivity index (χ0) is 25.1. The van der Waals surface area contributed by atoms with Crippen LogP contribution in [0.4, 0.5) is 0 Å². The molecule has 1 aliphatic heterocycles. The van der Waals surface area contributed by atoms with Crippen molar-refractivity contribution >= 4 is 12.0 Å². The van der Waals surface area contributed by atoms with Gasteiger partial charge in [0.1, 0.15) is 18.5 Å². The first-order valence-corrected chi connectivity index (χ1v) is 13.1. The molecule has 4 rings (SSSR count). The number of hydrogen-bond acceptors (Lipinski definition) is 4. The van der Waals surface area contributed by atoms with E-state index in [-0.39, 0.29) is 23.1 Å². The fraction of sp³-hybridized carbons (Fsp3) is 0.516. The van der Waals surface area contributed by atoms with Crippen LogP contribution in [0.15, 0.2) is 42.5 Å². The Morgan fingerprint density at radius 3 is 2.26 bits per heavy atom. The van der Waals surface area contributed by atoms with Crippen LogP contribution in [0.1, 0.15) is 86.6 Å². The van der Waals surface area contributed by atoms with E-state index >= 15 is 0 Å². The number of hydrogen-bond donors (Lipinski definition) is 0. The molecule has 2 aromatic carbocycles. The van der Waals surface area contributed by atoms with Gasteiger partial charge in [0.05, 0.1) is 5.60 Å². The SMILES string of the molecule is CCC(CC)(c1ccc(/C=C/C2(OC)CCC2)c(C)c1)c1ccc(OC[C@@H]2CCC(=O)O2)c(C)c1. The van der Waals surface area contributed by atoms with Gasteiger partial charge in [-0.2, -0.15) is 0 Å². The van der Waals surface area contributed by atoms with Gasteiger partial charge in [0.25, 0.3) is 0 Å². The molecule has 2 fully saturated rings. The average Bonchev–Trinajstić information content (AvgIpc) is 3.25. The molecule has 35 heavy (non-hydrogen) atoms. The molecule has 1 saturated carbocycles. The molecule has 0 bridgehead atoms. The number of methoxy groups -OCH3 is 1. The second-order valence-corrected chi connectivity index (χ2v) is 10.3. The molecular weight excluding hydrogens is 436 g/mol. The highest BCUT2D eigenvalue weighted by molar-refractivity contribution is 5.71. The molecule has 4 nitrogen and oxygen atoms in total. The first-order chi connectivity index (χ1) is 16.8. The summed E-state index contributed by atoms with van der Waals surface area (Å²) in [6.45, 7) is 9.27. The van der Waals surface area contributed by atoms with Crippen LogP contribution >= 0.6 is 0 Å². The molecule has 0 amide bonds. The summed E-state index contributed by atoms with van der Waals surface area (Å²) in [7, 11) is 1.82. The molecule has 1 heterocycles. The largest absolute Gasteiger partial charge is 0.489 e. The number of carbonyl (C=O) groups is 1. The van der Waals surface area contributed by atoms with Gasteiger partial charge in [-0.1, -0.05) is 56.3 Å². The van der Waals surface area contributed by atoms with E-state index in [0.717, 1.165) is 43.4 Å². The number of benzene rings is 2. The summed E-state index contributed by atoms with van der Waals surface area (Å²) in [6.07, 6.45) is 11.1. The highest BCUT2D eigenvalue weighted by Gasteiger charge is 2.34. The van der Waals surface area contributed by atoms with E-state index in [9.17, 15) is 4.79 Å². The van der Waals surface area contributed by atoms with E-state index in [1.165, 1.54) is 28.7 Å². The molecule has 0 unspecified atom stereocenters. The molecule has 188 valence electrons. The van der Waals surface area contributed by atoms with Crippen LogP contribution in [0, 0.1) is 13.8 Å². The Hall–Kier alpha value is -2.59. The van der Waals surface area contributed by atoms with Gasteiger partial charge in [-0.25, -0.2) is 0 Å². The minimum atomic E-state index is -0.134. The number of esters is 1. The van der Waals surface area contributed by atoms with Crippen molar-refractivity contribution in [3.8, 4) is 5.75 Å². The number of aryl methyl sites for hydroxylation is 2. The molecule has 1 atom stereocenters. The third kappa shape index (κ3) is 5.18. The molecule has 4 heteroatoms. The Morgan fingerprint density at radius 2 is 1.74 bits per heavy atom. The van der Waals surface area contributed by atoms with Crippen LogP contribution in [-0.2, 0) is 19.7 Å². The average molecular weight is 477 g/mol. The molecule has 2 aliphatic rings. The molecule has 0 aromatic heterocycles. The van der Waals surface area contributed by atoms with Gasteiger partial charge in [-0.15, -0.1) is 0 Å². The van der Waals surface area contributed by atoms with Crippen LogP contribution in [-0.4, -0.2) is 31.4 Å². The fourth-order valence-electron chi connectivity index (χ4n) is 5.59. The maximum atomic E-state index is 11.4. The monoisotopic (exact) mass is 476 g/mol. The molecule has 0 N–H and O–H groups in total. The van der Waals surface area contributed by atoms with E-state index in [0.29, 0.717) is 13.0 Å². The minimum absolute atomic E-state index is 0.0565.